The summed E-state index contributed by atoms with van der Waals surface area (Å²) in [6.07, 6.45) is 0. The minimum Gasteiger partial charge on any atom is -0.310 e. The predicted octanol–water partition coefficient (Wildman–Crippen LogP) is 15.1. The van der Waals surface area contributed by atoms with Crippen LogP contribution in [0.1, 0.15) is 0 Å². The van der Waals surface area contributed by atoms with Crippen LogP contribution in [0.25, 0.3) is 80.7 Å². The molecule has 2 nitrogen and oxygen atoms in total. The molecule has 0 fully saturated rings. The monoisotopic (exact) mass is 718 g/mol. The Hall–Kier alpha value is -6.94. The fourth-order valence-electron chi connectivity index (χ4n) is 8.34. The van der Waals surface area contributed by atoms with E-state index in [0.717, 1.165) is 22.7 Å². The lowest BCUT2D eigenvalue weighted by atomic mass is 10.0. The van der Waals surface area contributed by atoms with Gasteiger partial charge in [-0.3, -0.25) is 0 Å². The SMILES string of the molecule is c1ccc(-c2ccc(N(c3ccc(-c4ccc5c6ccc7ccccc7c6n(-c6ccccc6)c5c4)cc3)c3ccc4sc5ccccc5c4c3)cc2)cc1. The Balaban J connectivity index is 1.04. The van der Waals surface area contributed by atoms with Crippen LogP contribution in [0.3, 0.4) is 0 Å². The van der Waals surface area contributed by atoms with Crippen molar-refractivity contribution in [2.75, 3.05) is 4.90 Å². The van der Waals surface area contributed by atoms with Gasteiger partial charge in [0.1, 0.15) is 0 Å². The maximum atomic E-state index is 2.44. The molecule has 0 aliphatic heterocycles. The average Bonchev–Trinajstić information content (AvgIpc) is 3.80. The van der Waals surface area contributed by atoms with E-state index in [1.807, 2.05) is 11.3 Å². The Kier molecular flexibility index (Phi) is 7.39. The minimum absolute atomic E-state index is 1.11. The Bertz CT molecular complexity index is 3180. The lowest BCUT2D eigenvalue weighted by Gasteiger charge is -2.26. The normalized spacial score (nSPS) is 11.6. The first-order valence-electron chi connectivity index (χ1n) is 18.8. The van der Waals surface area contributed by atoms with Crippen LogP contribution in [0, 0.1) is 0 Å². The number of para-hydroxylation sites is 1. The van der Waals surface area contributed by atoms with Crippen molar-refractivity contribution >= 4 is 81.1 Å². The van der Waals surface area contributed by atoms with Crippen molar-refractivity contribution in [2.45, 2.75) is 0 Å². The number of aromatic nitrogens is 1. The molecular formula is C52H34N2S. The zero-order valence-electron chi connectivity index (χ0n) is 29.9. The second-order valence-corrected chi connectivity index (χ2v) is 15.2. The molecule has 11 rings (SSSR count). The highest BCUT2D eigenvalue weighted by Gasteiger charge is 2.18. The van der Waals surface area contributed by atoms with Crippen LogP contribution < -0.4 is 4.90 Å². The standard InChI is InChI=1S/C52H34N2S/c1-3-11-35(12-4-1)36-19-25-41(26-20-36)53(43-29-32-51-48(34-43)46-17-9-10-18-50(46)55-51)42-27-21-37(22-28-42)39-24-30-45-47-31-23-38-13-7-8-16-44(38)52(47)54(49(45)33-39)40-14-5-2-6-15-40/h1-34H. The predicted molar refractivity (Wildman–Crippen MR) is 237 cm³/mol. The fourth-order valence-corrected chi connectivity index (χ4v) is 9.43. The van der Waals surface area contributed by atoms with E-state index in [2.05, 4.69) is 216 Å². The molecule has 2 aromatic heterocycles. The molecule has 0 atom stereocenters. The maximum Gasteiger partial charge on any atom is 0.0619 e. The molecule has 0 aliphatic rings. The van der Waals surface area contributed by atoms with E-state index >= 15 is 0 Å². The van der Waals surface area contributed by atoms with Gasteiger partial charge < -0.3 is 9.47 Å². The summed E-state index contributed by atoms with van der Waals surface area (Å²) in [5.41, 5.74) is 11.8. The summed E-state index contributed by atoms with van der Waals surface area (Å²) in [6.45, 7) is 0. The van der Waals surface area contributed by atoms with Gasteiger partial charge in [0.25, 0.3) is 0 Å². The summed E-state index contributed by atoms with van der Waals surface area (Å²) in [4.78, 5) is 2.38. The van der Waals surface area contributed by atoms with E-state index in [9.17, 15) is 0 Å². The number of hydrogen-bond donors (Lipinski definition) is 0. The van der Waals surface area contributed by atoms with E-state index in [1.54, 1.807) is 0 Å². The molecule has 258 valence electrons. The lowest BCUT2D eigenvalue weighted by Crippen LogP contribution is -2.09. The van der Waals surface area contributed by atoms with Crippen molar-refractivity contribution in [3.63, 3.8) is 0 Å². The molecule has 0 radical (unpaired) electrons. The molecule has 0 saturated carbocycles. The van der Waals surface area contributed by atoms with Crippen LogP contribution in [-0.4, -0.2) is 4.57 Å². The molecule has 0 unspecified atom stereocenters. The van der Waals surface area contributed by atoms with Gasteiger partial charge in [-0.05, 0) is 94.4 Å². The number of hydrogen-bond acceptors (Lipinski definition) is 2. The Morgan fingerprint density at radius 1 is 0.345 bits per heavy atom. The van der Waals surface area contributed by atoms with Gasteiger partial charge in [0, 0.05) is 59.1 Å². The fraction of sp³-hybridized carbons (Fsp3) is 0. The Morgan fingerprint density at radius 2 is 0.909 bits per heavy atom. The van der Waals surface area contributed by atoms with Crippen molar-refractivity contribution in [3.8, 4) is 27.9 Å². The van der Waals surface area contributed by atoms with Gasteiger partial charge in [-0.1, -0.05) is 140 Å². The number of fused-ring (bicyclic) bond motifs is 8. The van der Waals surface area contributed by atoms with Crippen molar-refractivity contribution < 1.29 is 0 Å². The highest BCUT2D eigenvalue weighted by Crippen LogP contribution is 2.42. The van der Waals surface area contributed by atoms with Gasteiger partial charge in [0.05, 0.1) is 11.0 Å². The molecule has 55 heavy (non-hydrogen) atoms. The highest BCUT2D eigenvalue weighted by molar-refractivity contribution is 7.25. The molecule has 0 bridgehead atoms. The first kappa shape index (κ1) is 31.6. The number of thiophene rings is 1. The van der Waals surface area contributed by atoms with Gasteiger partial charge in [-0.25, -0.2) is 0 Å². The van der Waals surface area contributed by atoms with Crippen LogP contribution in [-0.2, 0) is 0 Å². The van der Waals surface area contributed by atoms with Crippen LogP contribution in [0.5, 0.6) is 0 Å². The van der Waals surface area contributed by atoms with Gasteiger partial charge >= 0.3 is 0 Å². The number of nitrogens with zero attached hydrogens (tertiary/aromatic N) is 2. The van der Waals surface area contributed by atoms with E-state index in [4.69, 9.17) is 0 Å². The van der Waals surface area contributed by atoms with Crippen LogP contribution in [0.2, 0.25) is 0 Å². The molecule has 0 spiro atoms. The summed E-state index contributed by atoms with van der Waals surface area (Å²) in [6, 6.07) is 75.2. The first-order chi connectivity index (χ1) is 27.3. The summed E-state index contributed by atoms with van der Waals surface area (Å²) in [7, 11) is 0. The molecule has 0 aliphatic carbocycles. The largest absolute Gasteiger partial charge is 0.310 e. The average molecular weight is 719 g/mol. The van der Waals surface area contributed by atoms with Crippen molar-refractivity contribution in [3.05, 3.63) is 206 Å². The smallest absolute Gasteiger partial charge is 0.0619 e. The summed E-state index contributed by atoms with van der Waals surface area (Å²) in [5, 5.41) is 7.62. The molecule has 9 aromatic carbocycles. The van der Waals surface area contributed by atoms with E-state index < -0.39 is 0 Å². The molecule has 0 N–H and O–H groups in total. The number of anilines is 3. The van der Waals surface area contributed by atoms with Crippen LogP contribution >= 0.6 is 11.3 Å². The van der Waals surface area contributed by atoms with E-state index in [0.29, 0.717) is 0 Å². The van der Waals surface area contributed by atoms with Crippen molar-refractivity contribution in [1.82, 2.24) is 4.57 Å². The number of benzene rings is 9. The molecular weight excluding hydrogens is 685 g/mol. The lowest BCUT2D eigenvalue weighted by molar-refractivity contribution is 1.19. The van der Waals surface area contributed by atoms with Gasteiger partial charge in [0.15, 0.2) is 0 Å². The quantitative estimate of drug-likeness (QED) is 0.166. The third-order valence-electron chi connectivity index (χ3n) is 11.0. The molecule has 0 amide bonds. The van der Waals surface area contributed by atoms with Gasteiger partial charge in [-0.15, -0.1) is 11.3 Å². The van der Waals surface area contributed by atoms with Crippen molar-refractivity contribution in [2.24, 2.45) is 0 Å². The zero-order valence-corrected chi connectivity index (χ0v) is 30.7. The second kappa shape index (κ2) is 12.9. The molecule has 0 saturated heterocycles. The Labute approximate surface area is 323 Å². The molecule has 2 heterocycles. The molecule has 11 aromatic rings. The summed E-state index contributed by atoms with van der Waals surface area (Å²) < 4.78 is 5.06. The van der Waals surface area contributed by atoms with Gasteiger partial charge in [0.2, 0.25) is 0 Å². The summed E-state index contributed by atoms with van der Waals surface area (Å²) >= 11 is 1.85. The van der Waals surface area contributed by atoms with Gasteiger partial charge in [-0.2, -0.15) is 0 Å². The highest BCUT2D eigenvalue weighted by atomic mass is 32.1. The van der Waals surface area contributed by atoms with Crippen molar-refractivity contribution in [1.29, 1.82) is 0 Å². The zero-order chi connectivity index (χ0) is 36.3. The minimum atomic E-state index is 1.11. The van der Waals surface area contributed by atoms with E-state index in [1.165, 1.54) is 75.0 Å². The second-order valence-electron chi connectivity index (χ2n) is 14.2. The Morgan fingerprint density at radius 3 is 1.67 bits per heavy atom. The third-order valence-corrected chi connectivity index (χ3v) is 12.1. The van der Waals surface area contributed by atoms with Crippen LogP contribution in [0.4, 0.5) is 17.1 Å². The van der Waals surface area contributed by atoms with E-state index in [-0.39, 0.29) is 0 Å². The maximum absolute atomic E-state index is 2.44. The first-order valence-corrected chi connectivity index (χ1v) is 19.6. The topological polar surface area (TPSA) is 8.17 Å². The third kappa shape index (κ3) is 5.32. The summed E-state index contributed by atoms with van der Waals surface area (Å²) in [5.74, 6) is 0. The number of rotatable bonds is 6. The van der Waals surface area contributed by atoms with Crippen LogP contribution in [0.15, 0.2) is 206 Å². The molecule has 3 heteroatoms.